The predicted octanol–water partition coefficient (Wildman–Crippen LogP) is 6.00. The summed E-state index contributed by atoms with van der Waals surface area (Å²) in [5.74, 6) is 1.89. The van der Waals surface area contributed by atoms with Crippen LogP contribution in [0.15, 0.2) is 28.7 Å². The van der Waals surface area contributed by atoms with Crippen molar-refractivity contribution >= 4 is 21.6 Å². The molecule has 110 valence electrons. The zero-order valence-electron chi connectivity index (χ0n) is 12.3. The van der Waals surface area contributed by atoms with Crippen LogP contribution >= 0.6 is 15.9 Å². The smallest absolute Gasteiger partial charge is 0.0343 e. The number of hydrogen-bond acceptors (Lipinski definition) is 1. The van der Waals surface area contributed by atoms with E-state index in [9.17, 15) is 0 Å². The molecule has 20 heavy (non-hydrogen) atoms. The highest BCUT2D eigenvalue weighted by Gasteiger charge is 2.32. The van der Waals surface area contributed by atoms with E-state index in [4.69, 9.17) is 0 Å². The molecule has 0 heterocycles. The fourth-order valence-electron chi connectivity index (χ4n) is 4.23. The molecule has 0 amide bonds. The average molecular weight is 336 g/mol. The second kappa shape index (κ2) is 6.98. The maximum Gasteiger partial charge on any atom is 0.0343 e. The maximum atomic E-state index is 3.83. The zero-order chi connectivity index (χ0) is 13.8. The van der Waals surface area contributed by atoms with Crippen molar-refractivity contribution in [1.29, 1.82) is 0 Å². The van der Waals surface area contributed by atoms with Crippen molar-refractivity contribution in [3.63, 3.8) is 0 Å². The lowest BCUT2D eigenvalue weighted by molar-refractivity contribution is 0.180. The predicted molar refractivity (Wildman–Crippen MR) is 90.1 cm³/mol. The molecule has 2 saturated carbocycles. The van der Waals surface area contributed by atoms with Gasteiger partial charge in [-0.1, -0.05) is 60.9 Å². The maximum absolute atomic E-state index is 3.83. The van der Waals surface area contributed by atoms with E-state index in [2.05, 4.69) is 45.5 Å². The molecule has 2 aliphatic rings. The van der Waals surface area contributed by atoms with Gasteiger partial charge in [-0.3, -0.25) is 0 Å². The van der Waals surface area contributed by atoms with Crippen LogP contribution in [-0.2, 0) is 0 Å². The Morgan fingerprint density at radius 1 is 0.800 bits per heavy atom. The van der Waals surface area contributed by atoms with Crippen molar-refractivity contribution < 1.29 is 0 Å². The summed E-state index contributed by atoms with van der Waals surface area (Å²) in [6, 6.07) is 9.39. The highest BCUT2D eigenvalue weighted by Crippen LogP contribution is 2.39. The van der Waals surface area contributed by atoms with Crippen molar-refractivity contribution in [2.75, 3.05) is 5.32 Å². The zero-order valence-corrected chi connectivity index (χ0v) is 13.9. The Morgan fingerprint density at radius 2 is 1.45 bits per heavy atom. The van der Waals surface area contributed by atoms with Crippen LogP contribution in [0, 0.1) is 11.8 Å². The summed E-state index contributed by atoms with van der Waals surface area (Å²) in [5, 5.41) is 3.83. The van der Waals surface area contributed by atoms with E-state index in [1.54, 1.807) is 0 Å². The number of rotatable bonds is 3. The summed E-state index contributed by atoms with van der Waals surface area (Å²) in [4.78, 5) is 0. The van der Waals surface area contributed by atoms with Gasteiger partial charge >= 0.3 is 0 Å². The lowest BCUT2D eigenvalue weighted by Gasteiger charge is -2.39. The molecule has 2 heteroatoms. The molecule has 0 aromatic heterocycles. The van der Waals surface area contributed by atoms with Crippen LogP contribution < -0.4 is 5.32 Å². The van der Waals surface area contributed by atoms with Gasteiger partial charge in [-0.15, -0.1) is 0 Å². The second-order valence-corrected chi connectivity index (χ2v) is 7.52. The Labute approximate surface area is 131 Å². The monoisotopic (exact) mass is 335 g/mol. The van der Waals surface area contributed by atoms with Gasteiger partial charge in [-0.2, -0.15) is 0 Å². The van der Waals surface area contributed by atoms with E-state index < -0.39 is 0 Å². The van der Waals surface area contributed by atoms with Crippen molar-refractivity contribution in [3.8, 4) is 0 Å². The molecule has 2 atom stereocenters. The van der Waals surface area contributed by atoms with Gasteiger partial charge < -0.3 is 5.32 Å². The number of benzene rings is 1. The summed E-state index contributed by atoms with van der Waals surface area (Å²) in [6.45, 7) is 0. The summed E-state index contributed by atoms with van der Waals surface area (Å²) >= 11 is 3.52. The molecular weight excluding hydrogens is 310 g/mol. The van der Waals surface area contributed by atoms with Gasteiger partial charge in [0.05, 0.1) is 0 Å². The van der Waals surface area contributed by atoms with Crippen molar-refractivity contribution in [2.45, 2.75) is 63.8 Å². The summed E-state index contributed by atoms with van der Waals surface area (Å²) in [5.41, 5.74) is 1.29. The first-order valence-corrected chi connectivity index (χ1v) is 9.14. The average Bonchev–Trinajstić information content (AvgIpc) is 2.51. The molecule has 1 N–H and O–H groups in total. The van der Waals surface area contributed by atoms with E-state index in [1.165, 1.54) is 63.5 Å². The molecule has 0 bridgehead atoms. The van der Waals surface area contributed by atoms with Gasteiger partial charge in [0.2, 0.25) is 0 Å². The van der Waals surface area contributed by atoms with Crippen molar-refractivity contribution in [3.05, 3.63) is 28.7 Å². The molecule has 2 unspecified atom stereocenters. The first-order valence-electron chi connectivity index (χ1n) is 8.35. The third kappa shape index (κ3) is 3.58. The number of anilines is 1. The van der Waals surface area contributed by atoms with Crippen LogP contribution in [0.3, 0.4) is 0 Å². The van der Waals surface area contributed by atoms with E-state index in [0.29, 0.717) is 6.04 Å². The lowest BCUT2D eigenvalue weighted by atomic mass is 9.71. The quantitative estimate of drug-likeness (QED) is 0.714. The Morgan fingerprint density at radius 3 is 2.20 bits per heavy atom. The molecule has 0 saturated heterocycles. The fraction of sp³-hybridized carbons (Fsp3) is 0.667. The van der Waals surface area contributed by atoms with Crippen LogP contribution in [0.1, 0.15) is 57.8 Å². The van der Waals surface area contributed by atoms with E-state index >= 15 is 0 Å². The highest BCUT2D eigenvalue weighted by molar-refractivity contribution is 9.10. The van der Waals surface area contributed by atoms with Crippen LogP contribution in [0.5, 0.6) is 0 Å². The molecule has 0 aliphatic heterocycles. The number of halogens is 1. The third-order valence-corrected chi connectivity index (χ3v) is 5.80. The Bertz CT molecular complexity index is 408. The summed E-state index contributed by atoms with van der Waals surface area (Å²) in [7, 11) is 0. The summed E-state index contributed by atoms with van der Waals surface area (Å²) < 4.78 is 1.16. The first-order chi connectivity index (χ1) is 9.83. The summed E-state index contributed by atoms with van der Waals surface area (Å²) in [6.07, 6.45) is 13.0. The molecule has 1 aromatic rings. The lowest BCUT2D eigenvalue weighted by Crippen LogP contribution is -2.37. The minimum Gasteiger partial charge on any atom is -0.382 e. The van der Waals surface area contributed by atoms with Crippen molar-refractivity contribution in [2.24, 2.45) is 11.8 Å². The minimum absolute atomic E-state index is 0.702. The molecule has 1 nitrogen and oxygen atoms in total. The van der Waals surface area contributed by atoms with E-state index in [1.807, 2.05) is 0 Å². The molecule has 0 radical (unpaired) electrons. The topological polar surface area (TPSA) is 12.0 Å². The number of hydrogen-bond donors (Lipinski definition) is 1. The number of nitrogens with one attached hydrogen (secondary N) is 1. The van der Waals surface area contributed by atoms with E-state index in [0.717, 1.165) is 16.3 Å². The van der Waals surface area contributed by atoms with Crippen molar-refractivity contribution in [1.82, 2.24) is 0 Å². The Balaban J connectivity index is 1.66. The molecule has 2 aliphatic carbocycles. The van der Waals surface area contributed by atoms with Gasteiger partial charge in [-0.25, -0.2) is 0 Å². The third-order valence-electron chi connectivity index (χ3n) is 5.27. The van der Waals surface area contributed by atoms with Gasteiger partial charge in [0.15, 0.2) is 0 Å². The molecule has 0 spiro atoms. The largest absolute Gasteiger partial charge is 0.382 e. The first kappa shape index (κ1) is 14.4. The second-order valence-electron chi connectivity index (χ2n) is 6.60. The Hall–Kier alpha value is -0.500. The van der Waals surface area contributed by atoms with Gasteiger partial charge in [0.25, 0.3) is 0 Å². The highest BCUT2D eigenvalue weighted by atomic mass is 79.9. The fourth-order valence-corrected chi connectivity index (χ4v) is 4.49. The molecule has 1 aromatic carbocycles. The van der Waals surface area contributed by atoms with Crippen LogP contribution in [0.4, 0.5) is 5.69 Å². The van der Waals surface area contributed by atoms with Crippen LogP contribution in [-0.4, -0.2) is 6.04 Å². The van der Waals surface area contributed by atoms with Crippen LogP contribution in [0.25, 0.3) is 0 Å². The molecule has 3 rings (SSSR count). The molecular formula is C18H26BrN. The van der Waals surface area contributed by atoms with Gasteiger partial charge in [0, 0.05) is 16.2 Å². The normalized spacial score (nSPS) is 28.2. The standard InChI is InChI=1S/C18H26BrN/c19-15-10-12-16(13-11-15)20-18-9-5-4-8-17(18)14-6-2-1-3-7-14/h10-14,17-18,20H,1-9H2. The van der Waals surface area contributed by atoms with Gasteiger partial charge in [0.1, 0.15) is 0 Å². The Kier molecular flexibility index (Phi) is 5.04. The van der Waals surface area contributed by atoms with Gasteiger partial charge in [-0.05, 0) is 48.9 Å². The SMILES string of the molecule is Brc1ccc(NC2CCCCC2C2CCCCC2)cc1. The molecule has 2 fully saturated rings. The minimum atomic E-state index is 0.702. The van der Waals surface area contributed by atoms with E-state index in [-0.39, 0.29) is 0 Å². The van der Waals surface area contributed by atoms with Crippen LogP contribution in [0.2, 0.25) is 0 Å².